The number of carbonyl (C=O) groups is 2. The van der Waals surface area contributed by atoms with Crippen molar-refractivity contribution < 1.29 is 23.1 Å². The Labute approximate surface area is 152 Å². The van der Waals surface area contributed by atoms with E-state index in [9.17, 15) is 18.4 Å². The number of esters is 1. The molecule has 1 atom stereocenters. The zero-order valence-electron chi connectivity index (χ0n) is 13.3. The van der Waals surface area contributed by atoms with Crippen molar-refractivity contribution in [2.45, 2.75) is 12.3 Å². The van der Waals surface area contributed by atoms with Gasteiger partial charge in [0.1, 0.15) is 18.2 Å². The Bertz CT molecular complexity index is 973. The third kappa shape index (κ3) is 2.66. The number of ether oxygens (including phenoxy) is 1. The minimum atomic E-state index is -0.606. The number of benzene rings is 2. The molecular formula is C19H12ClF2NO3. The smallest absolute Gasteiger partial charge is 0.336 e. The summed E-state index contributed by atoms with van der Waals surface area (Å²) in [6.07, 6.45) is -0.0353. The van der Waals surface area contributed by atoms with Crippen molar-refractivity contribution >= 4 is 29.2 Å². The minimum Gasteiger partial charge on any atom is -0.456 e. The van der Waals surface area contributed by atoms with Crippen LogP contribution in [0.3, 0.4) is 0 Å². The number of anilines is 1. The van der Waals surface area contributed by atoms with Gasteiger partial charge in [0.2, 0.25) is 5.91 Å². The van der Waals surface area contributed by atoms with Gasteiger partial charge in [-0.15, -0.1) is 0 Å². The van der Waals surface area contributed by atoms with Crippen LogP contribution in [0, 0.1) is 11.6 Å². The predicted octanol–water partition coefficient (Wildman–Crippen LogP) is 3.95. The molecule has 132 valence electrons. The molecule has 2 aliphatic rings. The van der Waals surface area contributed by atoms with Gasteiger partial charge in [-0.05, 0) is 35.9 Å². The van der Waals surface area contributed by atoms with E-state index in [0.717, 1.165) is 6.07 Å². The maximum Gasteiger partial charge on any atom is 0.336 e. The van der Waals surface area contributed by atoms with Crippen LogP contribution in [0.15, 0.2) is 53.7 Å². The molecule has 0 saturated carbocycles. The average molecular weight is 376 g/mol. The topological polar surface area (TPSA) is 46.6 Å². The number of nitrogens with zero attached hydrogens (tertiary/aromatic N) is 1. The summed E-state index contributed by atoms with van der Waals surface area (Å²) in [5.41, 5.74) is 1.57. The highest BCUT2D eigenvalue weighted by Crippen LogP contribution is 2.42. The zero-order chi connectivity index (χ0) is 18.4. The van der Waals surface area contributed by atoms with Crippen molar-refractivity contribution in [3.05, 3.63) is 76.0 Å². The van der Waals surface area contributed by atoms with Crippen molar-refractivity contribution in [3.8, 4) is 0 Å². The Morgan fingerprint density at radius 2 is 1.92 bits per heavy atom. The lowest BCUT2D eigenvalue weighted by Crippen LogP contribution is -2.37. The van der Waals surface area contributed by atoms with Crippen LogP contribution in [-0.2, 0) is 14.3 Å². The Balaban J connectivity index is 1.84. The standard InChI is InChI=1S/C19H12ClF2NO3/c20-14-7-12(4-5-15(14)22)23-16-9-26-19(25)18(16)13(8-17(23)24)10-2-1-3-11(21)6-10/h1-7,13H,8-9H2. The molecule has 0 aliphatic carbocycles. The van der Waals surface area contributed by atoms with Gasteiger partial charge in [0.05, 0.1) is 22.0 Å². The van der Waals surface area contributed by atoms with Crippen LogP contribution >= 0.6 is 11.6 Å². The predicted molar refractivity (Wildman–Crippen MR) is 90.6 cm³/mol. The lowest BCUT2D eigenvalue weighted by atomic mass is 9.84. The summed E-state index contributed by atoms with van der Waals surface area (Å²) < 4.78 is 32.2. The average Bonchev–Trinajstić information content (AvgIpc) is 2.98. The maximum atomic E-state index is 13.6. The van der Waals surface area contributed by atoms with Crippen molar-refractivity contribution in [2.24, 2.45) is 0 Å². The fourth-order valence-corrected chi connectivity index (χ4v) is 3.56. The van der Waals surface area contributed by atoms with Crippen molar-refractivity contribution in [2.75, 3.05) is 11.5 Å². The summed E-state index contributed by atoms with van der Waals surface area (Å²) in [5.74, 6) is -2.49. The Morgan fingerprint density at radius 3 is 2.65 bits per heavy atom. The number of cyclic esters (lactones) is 1. The van der Waals surface area contributed by atoms with E-state index in [1.165, 1.54) is 35.2 Å². The van der Waals surface area contributed by atoms with E-state index in [1.807, 2.05) is 0 Å². The number of hydrogen-bond donors (Lipinski definition) is 0. The van der Waals surface area contributed by atoms with Gasteiger partial charge < -0.3 is 4.74 Å². The quantitative estimate of drug-likeness (QED) is 0.747. The zero-order valence-corrected chi connectivity index (χ0v) is 14.1. The molecule has 4 nitrogen and oxygen atoms in total. The number of hydrogen-bond acceptors (Lipinski definition) is 3. The molecule has 2 aliphatic heterocycles. The lowest BCUT2D eigenvalue weighted by Gasteiger charge is -2.32. The Kier molecular flexibility index (Phi) is 4.00. The molecule has 0 spiro atoms. The van der Waals surface area contributed by atoms with Gasteiger partial charge in [0.25, 0.3) is 0 Å². The first-order chi connectivity index (χ1) is 12.5. The molecule has 2 aromatic carbocycles. The molecule has 1 unspecified atom stereocenters. The van der Waals surface area contributed by atoms with Crippen LogP contribution < -0.4 is 4.90 Å². The van der Waals surface area contributed by atoms with Gasteiger partial charge in [-0.3, -0.25) is 9.69 Å². The second kappa shape index (κ2) is 6.21. The highest BCUT2D eigenvalue weighted by molar-refractivity contribution is 6.31. The third-order valence-corrected chi connectivity index (χ3v) is 4.82. The molecule has 2 aromatic rings. The third-order valence-electron chi connectivity index (χ3n) is 4.53. The van der Waals surface area contributed by atoms with E-state index in [0.29, 0.717) is 22.5 Å². The highest BCUT2D eigenvalue weighted by atomic mass is 35.5. The molecule has 0 N–H and O–H groups in total. The van der Waals surface area contributed by atoms with Crippen LogP contribution in [0.2, 0.25) is 5.02 Å². The van der Waals surface area contributed by atoms with Crippen LogP contribution in [0.5, 0.6) is 0 Å². The summed E-state index contributed by atoms with van der Waals surface area (Å²) >= 11 is 5.83. The minimum absolute atomic E-state index is 0.0353. The van der Waals surface area contributed by atoms with Crippen molar-refractivity contribution in [1.29, 1.82) is 0 Å². The molecule has 7 heteroatoms. The SMILES string of the molecule is O=C1OCC2=C1C(c1cccc(F)c1)CC(=O)N2c1ccc(F)c(Cl)c1. The first-order valence-electron chi connectivity index (χ1n) is 7.89. The van der Waals surface area contributed by atoms with Crippen LogP contribution in [0.25, 0.3) is 0 Å². The van der Waals surface area contributed by atoms with Gasteiger partial charge in [0.15, 0.2) is 0 Å². The maximum absolute atomic E-state index is 13.6. The molecule has 0 fully saturated rings. The van der Waals surface area contributed by atoms with Crippen LogP contribution in [0.4, 0.5) is 14.5 Å². The van der Waals surface area contributed by atoms with Crippen LogP contribution in [-0.4, -0.2) is 18.5 Å². The summed E-state index contributed by atoms with van der Waals surface area (Å²) in [6.45, 7) is -0.0826. The molecule has 1 amide bonds. The van der Waals surface area contributed by atoms with Gasteiger partial charge in [-0.25, -0.2) is 13.6 Å². The summed E-state index contributed by atoms with van der Waals surface area (Å²) in [4.78, 5) is 26.4. The molecule has 0 bridgehead atoms. The summed E-state index contributed by atoms with van der Waals surface area (Å²) in [7, 11) is 0. The van der Waals surface area contributed by atoms with E-state index in [-0.39, 0.29) is 24.0 Å². The van der Waals surface area contributed by atoms with E-state index < -0.39 is 23.5 Å². The monoisotopic (exact) mass is 375 g/mol. The van der Waals surface area contributed by atoms with E-state index in [2.05, 4.69) is 0 Å². The van der Waals surface area contributed by atoms with Gasteiger partial charge in [0, 0.05) is 12.3 Å². The number of amides is 1. The van der Waals surface area contributed by atoms with E-state index >= 15 is 0 Å². The number of halogens is 3. The van der Waals surface area contributed by atoms with Gasteiger partial charge in [-0.2, -0.15) is 0 Å². The fraction of sp³-hybridized carbons (Fsp3) is 0.158. The summed E-state index contributed by atoms with van der Waals surface area (Å²) in [5, 5.41) is -0.130. The Morgan fingerprint density at radius 1 is 1.12 bits per heavy atom. The molecule has 2 heterocycles. The molecule has 4 rings (SSSR count). The van der Waals surface area contributed by atoms with Crippen LogP contribution in [0.1, 0.15) is 17.9 Å². The number of carbonyl (C=O) groups excluding carboxylic acids is 2. The molecular weight excluding hydrogens is 364 g/mol. The summed E-state index contributed by atoms with van der Waals surface area (Å²) in [6, 6.07) is 9.69. The molecule has 0 aromatic heterocycles. The number of rotatable bonds is 2. The van der Waals surface area contributed by atoms with Gasteiger partial charge >= 0.3 is 5.97 Å². The highest BCUT2D eigenvalue weighted by Gasteiger charge is 2.43. The van der Waals surface area contributed by atoms with Crippen molar-refractivity contribution in [1.82, 2.24) is 0 Å². The lowest BCUT2D eigenvalue weighted by molar-refractivity contribution is -0.136. The van der Waals surface area contributed by atoms with E-state index in [1.54, 1.807) is 6.07 Å². The molecule has 26 heavy (non-hydrogen) atoms. The van der Waals surface area contributed by atoms with E-state index in [4.69, 9.17) is 16.3 Å². The molecule has 0 radical (unpaired) electrons. The largest absolute Gasteiger partial charge is 0.456 e. The Hall–Kier alpha value is -2.73. The normalized spacial score (nSPS) is 19.7. The van der Waals surface area contributed by atoms with Crippen molar-refractivity contribution in [3.63, 3.8) is 0 Å². The first-order valence-corrected chi connectivity index (χ1v) is 8.27. The fourth-order valence-electron chi connectivity index (χ4n) is 3.39. The second-order valence-electron chi connectivity index (χ2n) is 6.08. The first kappa shape index (κ1) is 16.7. The van der Waals surface area contributed by atoms with Gasteiger partial charge in [-0.1, -0.05) is 23.7 Å². The second-order valence-corrected chi connectivity index (χ2v) is 6.48. The molecule has 0 saturated heterocycles.